The highest BCUT2D eigenvalue weighted by Gasteiger charge is 2.30. The molecule has 5 heteroatoms. The second-order valence-corrected chi connectivity index (χ2v) is 4.66. The zero-order valence-electron chi connectivity index (χ0n) is 10.2. The highest BCUT2D eigenvalue weighted by Crippen LogP contribution is 2.29. The van der Waals surface area contributed by atoms with Gasteiger partial charge >= 0.3 is 6.18 Å². The molecule has 2 heterocycles. The summed E-state index contributed by atoms with van der Waals surface area (Å²) in [4.78, 5) is 6.03. The van der Waals surface area contributed by atoms with Gasteiger partial charge in [0.2, 0.25) is 0 Å². The van der Waals surface area contributed by atoms with Crippen molar-refractivity contribution < 1.29 is 13.2 Å². The fraction of sp³-hybridized carbons (Fsp3) is 0.615. The fourth-order valence-corrected chi connectivity index (χ4v) is 2.22. The van der Waals surface area contributed by atoms with Crippen molar-refractivity contribution in [3.63, 3.8) is 0 Å². The molecule has 0 N–H and O–H groups in total. The van der Waals surface area contributed by atoms with Crippen LogP contribution in [0.5, 0.6) is 0 Å². The summed E-state index contributed by atoms with van der Waals surface area (Å²) in [7, 11) is 0. The minimum atomic E-state index is -4.30. The Morgan fingerprint density at radius 3 is 2.06 bits per heavy atom. The van der Waals surface area contributed by atoms with Crippen LogP contribution in [-0.2, 0) is 6.18 Å². The van der Waals surface area contributed by atoms with Crippen LogP contribution in [0.15, 0.2) is 18.3 Å². The molecule has 0 saturated carbocycles. The molecule has 0 aliphatic carbocycles. The summed E-state index contributed by atoms with van der Waals surface area (Å²) >= 11 is 0. The third-order valence-electron chi connectivity index (χ3n) is 3.26. The Morgan fingerprint density at radius 2 is 1.56 bits per heavy atom. The van der Waals surface area contributed by atoms with E-state index in [0.29, 0.717) is 5.82 Å². The Hall–Kier alpha value is -1.26. The van der Waals surface area contributed by atoms with Crippen molar-refractivity contribution >= 4 is 5.82 Å². The second-order valence-electron chi connectivity index (χ2n) is 4.66. The van der Waals surface area contributed by atoms with Crippen LogP contribution < -0.4 is 4.90 Å². The Bertz CT molecular complexity index is 365. The number of nitrogens with zero attached hydrogens (tertiary/aromatic N) is 2. The monoisotopic (exact) mass is 258 g/mol. The van der Waals surface area contributed by atoms with E-state index in [1.807, 2.05) is 0 Å². The number of rotatable bonds is 1. The summed E-state index contributed by atoms with van der Waals surface area (Å²) in [5.74, 6) is 0.657. The predicted octanol–water partition coefficient (Wildman–Crippen LogP) is 3.87. The van der Waals surface area contributed by atoms with Gasteiger partial charge in [0, 0.05) is 19.3 Å². The number of aromatic nitrogens is 1. The molecule has 1 aliphatic heterocycles. The highest BCUT2D eigenvalue weighted by atomic mass is 19.4. The minimum Gasteiger partial charge on any atom is -0.357 e. The molecule has 0 aromatic carbocycles. The van der Waals surface area contributed by atoms with Gasteiger partial charge in [-0.2, -0.15) is 13.2 Å². The average Bonchev–Trinajstić information content (AvgIpc) is 2.27. The van der Waals surface area contributed by atoms with Crippen LogP contribution >= 0.6 is 0 Å². The van der Waals surface area contributed by atoms with E-state index in [1.165, 1.54) is 25.3 Å². The maximum Gasteiger partial charge on any atom is 0.417 e. The van der Waals surface area contributed by atoms with Gasteiger partial charge in [-0.15, -0.1) is 0 Å². The van der Waals surface area contributed by atoms with E-state index in [4.69, 9.17) is 0 Å². The van der Waals surface area contributed by atoms with Crippen LogP contribution in [0.1, 0.15) is 37.7 Å². The standard InChI is InChI=1S/C13H17F3N2/c14-13(15,16)11-6-7-12(17-10-11)18-8-4-2-1-3-5-9-18/h6-7,10H,1-5,8-9H2. The van der Waals surface area contributed by atoms with E-state index in [1.54, 1.807) is 0 Å². The fourth-order valence-electron chi connectivity index (χ4n) is 2.22. The van der Waals surface area contributed by atoms with Crippen LogP contribution in [-0.4, -0.2) is 18.1 Å². The largest absolute Gasteiger partial charge is 0.417 e. The van der Waals surface area contributed by atoms with E-state index in [0.717, 1.165) is 38.2 Å². The van der Waals surface area contributed by atoms with Gasteiger partial charge in [0.25, 0.3) is 0 Å². The lowest BCUT2D eigenvalue weighted by atomic mass is 10.1. The molecule has 1 fully saturated rings. The zero-order chi connectivity index (χ0) is 13.0. The normalized spacial score (nSPS) is 18.3. The van der Waals surface area contributed by atoms with E-state index in [-0.39, 0.29) is 0 Å². The Kier molecular flexibility index (Phi) is 4.09. The quantitative estimate of drug-likeness (QED) is 0.760. The van der Waals surface area contributed by atoms with Crippen molar-refractivity contribution in [1.29, 1.82) is 0 Å². The molecule has 0 amide bonds. The molecule has 0 bridgehead atoms. The zero-order valence-corrected chi connectivity index (χ0v) is 10.2. The average molecular weight is 258 g/mol. The van der Waals surface area contributed by atoms with Crippen molar-refractivity contribution in [2.75, 3.05) is 18.0 Å². The van der Waals surface area contributed by atoms with Crippen LogP contribution in [0, 0.1) is 0 Å². The molecule has 2 rings (SSSR count). The summed E-state index contributed by atoms with van der Waals surface area (Å²) in [5, 5.41) is 0. The molecule has 0 spiro atoms. The van der Waals surface area contributed by atoms with Crippen LogP contribution in [0.25, 0.3) is 0 Å². The van der Waals surface area contributed by atoms with Crippen LogP contribution in [0.2, 0.25) is 0 Å². The van der Waals surface area contributed by atoms with Gasteiger partial charge in [0.05, 0.1) is 5.56 Å². The molecule has 100 valence electrons. The van der Waals surface area contributed by atoms with Gasteiger partial charge in [0.15, 0.2) is 0 Å². The number of anilines is 1. The molecule has 2 nitrogen and oxygen atoms in total. The highest BCUT2D eigenvalue weighted by molar-refractivity contribution is 5.39. The molecule has 0 radical (unpaired) electrons. The van der Waals surface area contributed by atoms with Crippen molar-refractivity contribution in [3.05, 3.63) is 23.9 Å². The first-order valence-electron chi connectivity index (χ1n) is 6.35. The number of pyridine rings is 1. The Morgan fingerprint density at radius 1 is 0.944 bits per heavy atom. The molecule has 1 saturated heterocycles. The maximum atomic E-state index is 12.4. The lowest BCUT2D eigenvalue weighted by Gasteiger charge is -2.25. The molecule has 1 aromatic rings. The Balaban J connectivity index is 2.07. The Labute approximate surface area is 105 Å². The minimum absolute atomic E-state index is 0.657. The third-order valence-corrected chi connectivity index (χ3v) is 3.26. The molecule has 0 atom stereocenters. The molecular formula is C13H17F3N2. The van der Waals surface area contributed by atoms with E-state index < -0.39 is 11.7 Å². The summed E-state index contributed by atoms with van der Waals surface area (Å²) in [5.41, 5.74) is -0.682. The number of hydrogen-bond acceptors (Lipinski definition) is 2. The molecule has 18 heavy (non-hydrogen) atoms. The van der Waals surface area contributed by atoms with Crippen molar-refractivity contribution in [2.45, 2.75) is 38.3 Å². The first kappa shape index (κ1) is 13.2. The van der Waals surface area contributed by atoms with Crippen molar-refractivity contribution in [3.8, 4) is 0 Å². The number of alkyl halides is 3. The predicted molar refractivity (Wildman–Crippen MR) is 64.5 cm³/mol. The van der Waals surface area contributed by atoms with Gasteiger partial charge in [-0.05, 0) is 25.0 Å². The van der Waals surface area contributed by atoms with E-state index in [9.17, 15) is 13.2 Å². The van der Waals surface area contributed by atoms with Crippen molar-refractivity contribution in [1.82, 2.24) is 4.98 Å². The third kappa shape index (κ3) is 3.37. The van der Waals surface area contributed by atoms with Crippen LogP contribution in [0.3, 0.4) is 0 Å². The first-order valence-corrected chi connectivity index (χ1v) is 6.35. The molecule has 1 aliphatic rings. The number of halogens is 3. The summed E-state index contributed by atoms with van der Waals surface area (Å²) < 4.78 is 37.3. The molecule has 0 unspecified atom stereocenters. The summed E-state index contributed by atoms with van der Waals surface area (Å²) in [6.07, 6.45) is 2.43. The lowest BCUT2D eigenvalue weighted by molar-refractivity contribution is -0.137. The topological polar surface area (TPSA) is 16.1 Å². The van der Waals surface area contributed by atoms with Crippen LogP contribution in [0.4, 0.5) is 19.0 Å². The van der Waals surface area contributed by atoms with E-state index >= 15 is 0 Å². The van der Waals surface area contributed by atoms with Gasteiger partial charge in [-0.25, -0.2) is 4.98 Å². The van der Waals surface area contributed by atoms with Gasteiger partial charge in [-0.1, -0.05) is 19.3 Å². The van der Waals surface area contributed by atoms with E-state index in [2.05, 4.69) is 9.88 Å². The van der Waals surface area contributed by atoms with Crippen molar-refractivity contribution in [2.24, 2.45) is 0 Å². The maximum absolute atomic E-state index is 12.4. The molecular weight excluding hydrogens is 241 g/mol. The first-order chi connectivity index (χ1) is 8.57. The van der Waals surface area contributed by atoms with Gasteiger partial charge in [-0.3, -0.25) is 0 Å². The SMILES string of the molecule is FC(F)(F)c1ccc(N2CCCCCCC2)nc1. The summed E-state index contributed by atoms with van der Waals surface area (Å²) in [6, 6.07) is 2.59. The second kappa shape index (κ2) is 5.59. The lowest BCUT2D eigenvalue weighted by Crippen LogP contribution is -2.27. The van der Waals surface area contributed by atoms with Gasteiger partial charge in [0.1, 0.15) is 5.82 Å². The number of hydrogen-bond donors (Lipinski definition) is 0. The molecule has 1 aromatic heterocycles. The smallest absolute Gasteiger partial charge is 0.357 e. The summed E-state index contributed by atoms with van der Waals surface area (Å²) in [6.45, 7) is 1.77. The van der Waals surface area contributed by atoms with Gasteiger partial charge < -0.3 is 4.90 Å².